The highest BCUT2D eigenvalue weighted by molar-refractivity contribution is 5.95. The molecule has 0 radical (unpaired) electrons. The Morgan fingerprint density at radius 1 is 1.05 bits per heavy atom. The van der Waals surface area contributed by atoms with Crippen LogP contribution in [0.5, 0.6) is 17.5 Å². The monoisotopic (exact) mass is 494 g/mol. The van der Waals surface area contributed by atoms with E-state index in [0.717, 1.165) is 10.8 Å². The Morgan fingerprint density at radius 2 is 1.81 bits per heavy atom. The number of aromatic nitrogens is 1. The number of Topliss-reactive ketones (excluding diaryl/α,β-unsaturated/α-hetero) is 1. The third-order valence-electron chi connectivity index (χ3n) is 7.81. The van der Waals surface area contributed by atoms with E-state index in [1.54, 1.807) is 36.4 Å². The molecule has 2 bridgehead atoms. The molecule has 2 N–H and O–H groups in total. The second-order valence-corrected chi connectivity index (χ2v) is 10.0. The molecule has 1 aromatic heterocycles. The van der Waals surface area contributed by atoms with Crippen molar-refractivity contribution in [1.82, 2.24) is 4.57 Å². The topological polar surface area (TPSA) is 105 Å². The first-order chi connectivity index (χ1) is 17.8. The van der Waals surface area contributed by atoms with E-state index in [1.165, 1.54) is 11.5 Å². The molecule has 186 valence electrons. The molecule has 4 aromatic rings. The van der Waals surface area contributed by atoms with E-state index in [-0.39, 0.29) is 17.5 Å². The van der Waals surface area contributed by atoms with Gasteiger partial charge in [0.25, 0.3) is 0 Å². The zero-order chi connectivity index (χ0) is 25.9. The third kappa shape index (κ3) is 3.33. The first-order valence-corrected chi connectivity index (χ1v) is 12.3. The second kappa shape index (κ2) is 8.12. The van der Waals surface area contributed by atoms with Crippen LogP contribution in [-0.4, -0.2) is 27.2 Å². The van der Waals surface area contributed by atoms with Gasteiger partial charge in [-0.05, 0) is 51.0 Å². The van der Waals surface area contributed by atoms with Gasteiger partial charge in [0.2, 0.25) is 11.8 Å². The smallest absolute Gasteiger partial charge is 0.205 e. The predicted octanol–water partition coefficient (Wildman–Crippen LogP) is 5.82. The lowest BCUT2D eigenvalue weighted by Crippen LogP contribution is -2.25. The Morgan fingerprint density at radius 3 is 2.57 bits per heavy atom. The summed E-state index contributed by atoms with van der Waals surface area (Å²) in [5, 5.41) is 34.1. The molecule has 6 rings (SSSR count). The average Bonchev–Trinajstić information content (AvgIpc) is 3.48. The molecule has 2 aliphatic rings. The summed E-state index contributed by atoms with van der Waals surface area (Å²) < 4.78 is 14.0. The lowest BCUT2D eigenvalue weighted by Gasteiger charge is -2.26. The molecule has 7 nitrogen and oxygen atoms in total. The van der Waals surface area contributed by atoms with Gasteiger partial charge in [-0.2, -0.15) is 5.26 Å². The SMILES string of the molecule is CC(=O)c1cccc(OCC[C@]23CC[C@](C)(O2)c2c3c(O)n(-c3ccc(C#N)c4ccccc34)c2O)c1. The molecule has 0 saturated carbocycles. The van der Waals surface area contributed by atoms with E-state index in [2.05, 4.69) is 6.07 Å². The maximum atomic E-state index is 11.7. The van der Waals surface area contributed by atoms with Crippen molar-refractivity contribution in [2.75, 3.05) is 6.61 Å². The minimum atomic E-state index is -0.808. The van der Waals surface area contributed by atoms with Crippen molar-refractivity contribution < 1.29 is 24.5 Å². The van der Waals surface area contributed by atoms with Crippen molar-refractivity contribution in [2.24, 2.45) is 0 Å². The minimum Gasteiger partial charge on any atom is -0.494 e. The van der Waals surface area contributed by atoms with Crippen LogP contribution in [0.2, 0.25) is 0 Å². The Balaban J connectivity index is 1.40. The molecule has 1 fully saturated rings. The number of ketones is 1. The van der Waals surface area contributed by atoms with E-state index in [9.17, 15) is 20.3 Å². The number of fused-ring (bicyclic) bond motifs is 6. The highest BCUT2D eigenvalue weighted by Crippen LogP contribution is 2.65. The van der Waals surface area contributed by atoms with Crippen LogP contribution in [0.25, 0.3) is 16.5 Å². The first-order valence-electron chi connectivity index (χ1n) is 12.3. The summed E-state index contributed by atoms with van der Waals surface area (Å²) in [5.41, 5.74) is 1.34. The van der Waals surface area contributed by atoms with Crippen LogP contribution >= 0.6 is 0 Å². The number of benzene rings is 3. The van der Waals surface area contributed by atoms with Crippen molar-refractivity contribution in [3.63, 3.8) is 0 Å². The van der Waals surface area contributed by atoms with Gasteiger partial charge in [0.1, 0.15) is 11.4 Å². The molecule has 2 atom stereocenters. The maximum Gasteiger partial charge on any atom is 0.205 e. The Kier molecular flexibility index (Phi) is 5.08. The van der Waals surface area contributed by atoms with Crippen LogP contribution in [0, 0.1) is 11.3 Å². The summed E-state index contributed by atoms with van der Waals surface area (Å²) in [6.07, 6.45) is 1.84. The standard InChI is InChI=1S/C30H26N2O5/c1-18(33)19-6-5-7-21(16-19)36-15-14-30-13-12-29(2,37-30)25-26(30)28(35)32(27(25)34)24-11-10-20(17-31)22-8-3-4-9-23(22)24/h3-11,16,34-35H,12-15H2,1-2H3/t29-,30-/m0/s1. The number of nitrogens with zero attached hydrogens (tertiary/aromatic N) is 2. The van der Waals surface area contributed by atoms with Gasteiger partial charge in [-0.25, -0.2) is 0 Å². The Labute approximate surface area is 214 Å². The number of aromatic hydroxyl groups is 2. The first kappa shape index (κ1) is 23.1. The van der Waals surface area contributed by atoms with Crippen LogP contribution in [0.3, 0.4) is 0 Å². The van der Waals surface area contributed by atoms with Crippen LogP contribution < -0.4 is 4.74 Å². The van der Waals surface area contributed by atoms with Gasteiger partial charge in [0, 0.05) is 22.8 Å². The molecule has 3 heterocycles. The van der Waals surface area contributed by atoms with Crippen molar-refractivity contribution in [2.45, 2.75) is 44.3 Å². The lowest BCUT2D eigenvalue weighted by molar-refractivity contribution is -0.0876. The highest BCUT2D eigenvalue weighted by atomic mass is 16.5. The van der Waals surface area contributed by atoms with E-state index in [4.69, 9.17) is 9.47 Å². The van der Waals surface area contributed by atoms with Gasteiger partial charge in [-0.15, -0.1) is 0 Å². The minimum absolute atomic E-state index is 0.0311. The summed E-state index contributed by atoms with van der Waals surface area (Å²) in [5.74, 6) is 0.444. The molecular formula is C30H26N2O5. The largest absolute Gasteiger partial charge is 0.494 e. The summed E-state index contributed by atoms with van der Waals surface area (Å²) >= 11 is 0. The zero-order valence-electron chi connectivity index (χ0n) is 20.6. The number of nitriles is 1. The van der Waals surface area contributed by atoms with Gasteiger partial charge in [0.15, 0.2) is 5.78 Å². The number of rotatable bonds is 6. The summed E-state index contributed by atoms with van der Waals surface area (Å²) in [4.78, 5) is 11.7. The number of carbonyl (C=O) groups is 1. The van der Waals surface area contributed by atoms with Crippen LogP contribution in [0.4, 0.5) is 0 Å². The molecule has 0 amide bonds. The zero-order valence-corrected chi connectivity index (χ0v) is 20.6. The Hall–Kier alpha value is -4.28. The van der Waals surface area contributed by atoms with Crippen molar-refractivity contribution in [3.05, 3.63) is 82.9 Å². The number of hydrogen-bond donors (Lipinski definition) is 2. The lowest BCUT2D eigenvalue weighted by atomic mass is 9.78. The highest BCUT2D eigenvalue weighted by Gasteiger charge is 2.61. The van der Waals surface area contributed by atoms with Crippen molar-refractivity contribution in [1.29, 1.82) is 5.26 Å². The quantitative estimate of drug-likeness (QED) is 0.327. The van der Waals surface area contributed by atoms with E-state index in [1.807, 2.05) is 31.2 Å². The molecule has 0 unspecified atom stereocenters. The maximum absolute atomic E-state index is 11.7. The van der Waals surface area contributed by atoms with E-state index in [0.29, 0.717) is 59.6 Å². The molecule has 1 saturated heterocycles. The fourth-order valence-corrected chi connectivity index (χ4v) is 6.05. The molecule has 2 aliphatic heterocycles. The fourth-order valence-electron chi connectivity index (χ4n) is 6.05. The average molecular weight is 495 g/mol. The third-order valence-corrected chi connectivity index (χ3v) is 7.81. The molecule has 7 heteroatoms. The van der Waals surface area contributed by atoms with Crippen molar-refractivity contribution in [3.8, 4) is 29.3 Å². The summed E-state index contributed by atoms with van der Waals surface area (Å²) in [6, 6.07) is 20.2. The van der Waals surface area contributed by atoms with Gasteiger partial charge in [0.05, 0.1) is 40.7 Å². The normalized spacial score (nSPS) is 21.6. The van der Waals surface area contributed by atoms with E-state index < -0.39 is 11.2 Å². The van der Waals surface area contributed by atoms with Gasteiger partial charge in [-0.3, -0.25) is 9.36 Å². The molecule has 3 aromatic carbocycles. The second-order valence-electron chi connectivity index (χ2n) is 10.0. The number of ether oxygens (including phenoxy) is 2. The van der Waals surface area contributed by atoms with Crippen LogP contribution in [0.15, 0.2) is 60.7 Å². The Bertz CT molecular complexity index is 1630. The predicted molar refractivity (Wildman–Crippen MR) is 137 cm³/mol. The molecular weight excluding hydrogens is 468 g/mol. The van der Waals surface area contributed by atoms with Gasteiger partial charge >= 0.3 is 0 Å². The van der Waals surface area contributed by atoms with Crippen LogP contribution in [0.1, 0.15) is 60.2 Å². The number of hydrogen-bond acceptors (Lipinski definition) is 6. The molecule has 37 heavy (non-hydrogen) atoms. The van der Waals surface area contributed by atoms with Crippen molar-refractivity contribution >= 4 is 16.6 Å². The number of carbonyl (C=O) groups excluding carboxylic acids is 1. The van der Waals surface area contributed by atoms with E-state index >= 15 is 0 Å². The molecule has 0 spiro atoms. The van der Waals surface area contributed by atoms with Gasteiger partial charge in [-0.1, -0.05) is 36.4 Å². The molecule has 0 aliphatic carbocycles. The van der Waals surface area contributed by atoms with Crippen LogP contribution in [-0.2, 0) is 15.9 Å². The summed E-state index contributed by atoms with van der Waals surface area (Å²) in [7, 11) is 0. The van der Waals surface area contributed by atoms with Gasteiger partial charge < -0.3 is 19.7 Å². The summed E-state index contributed by atoms with van der Waals surface area (Å²) in [6.45, 7) is 3.77. The fraction of sp³-hybridized carbons (Fsp3) is 0.267.